The van der Waals surface area contributed by atoms with Crippen LogP contribution in [-0.4, -0.2) is 33.2 Å². The molecule has 1 aliphatic rings. The van der Waals surface area contributed by atoms with E-state index in [0.717, 1.165) is 0 Å². The van der Waals surface area contributed by atoms with Gasteiger partial charge in [-0.2, -0.15) is 0 Å². The number of rotatable bonds is 3. The molecule has 1 heterocycles. The van der Waals surface area contributed by atoms with E-state index in [9.17, 15) is 13.2 Å². The third-order valence-corrected chi connectivity index (χ3v) is 4.07. The SMILES string of the molecule is NCCS(=O)(=O)c1ccc2c(c1)NC(=O)CO2. The molecule has 0 spiro atoms. The molecule has 1 aromatic carbocycles. The van der Waals surface area contributed by atoms with Gasteiger partial charge < -0.3 is 15.8 Å². The first-order valence-corrected chi connectivity index (χ1v) is 6.68. The lowest BCUT2D eigenvalue weighted by molar-refractivity contribution is -0.118. The standard InChI is InChI=1S/C10H12N2O4S/c11-3-4-17(14,15)7-1-2-9-8(5-7)12-10(13)6-16-9/h1-2,5H,3-4,6,11H2,(H,12,13). The number of carbonyl (C=O) groups excluding carboxylic acids is 1. The minimum Gasteiger partial charge on any atom is -0.482 e. The molecule has 0 radical (unpaired) electrons. The molecule has 0 aromatic heterocycles. The molecule has 0 aliphatic carbocycles. The summed E-state index contributed by atoms with van der Waals surface area (Å²) in [5.74, 6) is 0.0443. The number of carbonyl (C=O) groups is 1. The molecule has 0 saturated carbocycles. The van der Waals surface area contributed by atoms with E-state index in [0.29, 0.717) is 11.4 Å². The first kappa shape index (κ1) is 11.9. The number of anilines is 1. The van der Waals surface area contributed by atoms with Crippen molar-refractivity contribution in [1.82, 2.24) is 0 Å². The van der Waals surface area contributed by atoms with Crippen LogP contribution in [0.15, 0.2) is 23.1 Å². The van der Waals surface area contributed by atoms with Crippen molar-refractivity contribution in [3.63, 3.8) is 0 Å². The number of sulfone groups is 1. The van der Waals surface area contributed by atoms with E-state index in [4.69, 9.17) is 10.5 Å². The highest BCUT2D eigenvalue weighted by Crippen LogP contribution is 2.30. The second-order valence-corrected chi connectivity index (χ2v) is 5.71. The zero-order valence-electron chi connectivity index (χ0n) is 8.97. The zero-order valence-corrected chi connectivity index (χ0v) is 9.79. The van der Waals surface area contributed by atoms with E-state index >= 15 is 0 Å². The van der Waals surface area contributed by atoms with Crippen LogP contribution >= 0.6 is 0 Å². The maximum Gasteiger partial charge on any atom is 0.262 e. The molecule has 0 saturated heterocycles. The van der Waals surface area contributed by atoms with E-state index in [1.807, 2.05) is 0 Å². The van der Waals surface area contributed by atoms with Crippen molar-refractivity contribution in [2.24, 2.45) is 5.73 Å². The summed E-state index contributed by atoms with van der Waals surface area (Å²) in [7, 11) is -3.39. The highest BCUT2D eigenvalue weighted by molar-refractivity contribution is 7.91. The molecular weight excluding hydrogens is 244 g/mol. The largest absolute Gasteiger partial charge is 0.482 e. The fourth-order valence-corrected chi connectivity index (χ4v) is 2.65. The Kier molecular flexibility index (Phi) is 3.03. The van der Waals surface area contributed by atoms with Gasteiger partial charge in [-0.25, -0.2) is 8.42 Å². The van der Waals surface area contributed by atoms with Crippen LogP contribution in [0.25, 0.3) is 0 Å². The molecule has 6 nitrogen and oxygen atoms in total. The number of ether oxygens (including phenoxy) is 1. The third-order valence-electron chi connectivity index (χ3n) is 2.33. The first-order valence-electron chi connectivity index (χ1n) is 5.02. The number of nitrogens with one attached hydrogen (secondary N) is 1. The summed E-state index contributed by atoms with van der Waals surface area (Å²) in [5, 5.41) is 2.55. The summed E-state index contributed by atoms with van der Waals surface area (Å²) in [6.07, 6.45) is 0. The number of benzene rings is 1. The molecule has 1 aliphatic heterocycles. The van der Waals surface area contributed by atoms with Gasteiger partial charge in [0, 0.05) is 6.54 Å². The van der Waals surface area contributed by atoms with Crippen molar-refractivity contribution in [2.75, 3.05) is 24.2 Å². The van der Waals surface area contributed by atoms with E-state index < -0.39 is 9.84 Å². The van der Waals surface area contributed by atoms with Crippen molar-refractivity contribution in [3.05, 3.63) is 18.2 Å². The Labute approximate surface area is 98.7 Å². The van der Waals surface area contributed by atoms with Crippen LogP contribution in [0.1, 0.15) is 0 Å². The van der Waals surface area contributed by atoms with Crippen LogP contribution in [0.5, 0.6) is 5.75 Å². The van der Waals surface area contributed by atoms with Crippen LogP contribution < -0.4 is 15.8 Å². The predicted octanol–water partition coefficient (Wildman–Crippen LogP) is -0.250. The summed E-state index contributed by atoms with van der Waals surface area (Å²) in [6, 6.07) is 4.36. The normalized spacial score (nSPS) is 14.8. The topological polar surface area (TPSA) is 98.5 Å². The van der Waals surface area contributed by atoms with Gasteiger partial charge in [-0.05, 0) is 18.2 Å². The summed E-state index contributed by atoms with van der Waals surface area (Å²) >= 11 is 0. The molecule has 1 amide bonds. The lowest BCUT2D eigenvalue weighted by Crippen LogP contribution is -2.25. The maximum absolute atomic E-state index is 11.8. The number of hydrogen-bond acceptors (Lipinski definition) is 5. The van der Waals surface area contributed by atoms with Crippen LogP contribution in [0.4, 0.5) is 5.69 Å². The molecule has 3 N–H and O–H groups in total. The van der Waals surface area contributed by atoms with Crippen LogP contribution in [0.2, 0.25) is 0 Å². The van der Waals surface area contributed by atoms with E-state index in [1.54, 1.807) is 0 Å². The van der Waals surface area contributed by atoms with Crippen molar-refractivity contribution in [3.8, 4) is 5.75 Å². The quantitative estimate of drug-likeness (QED) is 0.777. The van der Waals surface area contributed by atoms with Gasteiger partial charge in [-0.3, -0.25) is 4.79 Å². The molecule has 0 unspecified atom stereocenters. The van der Waals surface area contributed by atoms with E-state index in [1.165, 1.54) is 18.2 Å². The minimum absolute atomic E-state index is 0.0537. The van der Waals surface area contributed by atoms with Crippen molar-refractivity contribution in [2.45, 2.75) is 4.90 Å². The third kappa shape index (κ3) is 2.40. The van der Waals surface area contributed by atoms with Gasteiger partial charge in [0.05, 0.1) is 16.3 Å². The first-order chi connectivity index (χ1) is 8.03. The van der Waals surface area contributed by atoms with Gasteiger partial charge in [0.25, 0.3) is 5.91 Å². The highest BCUT2D eigenvalue weighted by Gasteiger charge is 2.20. The molecule has 0 fully saturated rings. The number of hydrogen-bond donors (Lipinski definition) is 2. The fourth-order valence-electron chi connectivity index (χ4n) is 1.53. The lowest BCUT2D eigenvalue weighted by Gasteiger charge is -2.18. The smallest absolute Gasteiger partial charge is 0.262 e. The van der Waals surface area contributed by atoms with Crippen molar-refractivity contribution >= 4 is 21.4 Å². The Balaban J connectivity index is 2.39. The average Bonchev–Trinajstić information content (AvgIpc) is 2.28. The van der Waals surface area contributed by atoms with Crippen molar-refractivity contribution < 1.29 is 17.9 Å². The van der Waals surface area contributed by atoms with Gasteiger partial charge in [0.1, 0.15) is 5.75 Å². The van der Waals surface area contributed by atoms with Gasteiger partial charge in [-0.1, -0.05) is 0 Å². The molecular formula is C10H12N2O4S. The zero-order chi connectivity index (χ0) is 12.5. The monoisotopic (exact) mass is 256 g/mol. The van der Waals surface area contributed by atoms with Crippen LogP contribution in [0.3, 0.4) is 0 Å². The van der Waals surface area contributed by atoms with Gasteiger partial charge in [0.15, 0.2) is 16.4 Å². The number of amides is 1. The molecule has 2 rings (SSSR count). The molecule has 17 heavy (non-hydrogen) atoms. The summed E-state index contributed by atoms with van der Waals surface area (Å²) in [5.41, 5.74) is 5.61. The molecule has 0 atom stereocenters. The van der Waals surface area contributed by atoms with E-state index in [-0.39, 0.29) is 29.7 Å². The number of nitrogens with two attached hydrogens (primary N) is 1. The van der Waals surface area contributed by atoms with Crippen molar-refractivity contribution in [1.29, 1.82) is 0 Å². The second kappa shape index (κ2) is 4.34. The predicted molar refractivity (Wildman–Crippen MR) is 61.7 cm³/mol. The Hall–Kier alpha value is -1.60. The average molecular weight is 256 g/mol. The van der Waals surface area contributed by atoms with Gasteiger partial charge >= 0.3 is 0 Å². The fraction of sp³-hybridized carbons (Fsp3) is 0.300. The van der Waals surface area contributed by atoms with Crippen LogP contribution in [0, 0.1) is 0 Å². The molecule has 7 heteroatoms. The Bertz CT molecular complexity index is 553. The van der Waals surface area contributed by atoms with Gasteiger partial charge in [-0.15, -0.1) is 0 Å². The highest BCUT2D eigenvalue weighted by atomic mass is 32.2. The summed E-state index contributed by atoms with van der Waals surface area (Å²) in [4.78, 5) is 11.2. The van der Waals surface area contributed by atoms with Gasteiger partial charge in [0.2, 0.25) is 0 Å². The second-order valence-electron chi connectivity index (χ2n) is 3.60. The molecule has 92 valence electrons. The van der Waals surface area contributed by atoms with E-state index in [2.05, 4.69) is 5.32 Å². The number of fused-ring (bicyclic) bond motifs is 1. The minimum atomic E-state index is -3.39. The summed E-state index contributed by atoms with van der Waals surface area (Å²) in [6.45, 7) is 0.00414. The molecule has 1 aromatic rings. The Morgan fingerprint density at radius 3 is 2.88 bits per heavy atom. The summed E-state index contributed by atoms with van der Waals surface area (Å²) < 4.78 is 28.7. The Morgan fingerprint density at radius 1 is 1.41 bits per heavy atom. The maximum atomic E-state index is 11.8. The van der Waals surface area contributed by atoms with Crippen LogP contribution in [-0.2, 0) is 14.6 Å². The molecule has 0 bridgehead atoms. The lowest BCUT2D eigenvalue weighted by atomic mass is 10.2. The Morgan fingerprint density at radius 2 is 2.18 bits per heavy atom.